The average Bonchev–Trinajstić information content (AvgIpc) is 3.08. The van der Waals surface area contributed by atoms with Crippen LogP contribution in [-0.2, 0) is 9.53 Å². The molecular weight excluding hydrogens is 318 g/mol. The van der Waals surface area contributed by atoms with Gasteiger partial charge in [0.1, 0.15) is 0 Å². The summed E-state index contributed by atoms with van der Waals surface area (Å²) in [6, 6.07) is 19.5. The zero-order valence-electron chi connectivity index (χ0n) is 13.4. The number of benzene rings is 2. The lowest BCUT2D eigenvalue weighted by molar-refractivity contribution is -0.138. The Morgan fingerprint density at radius 3 is 2.54 bits per heavy atom. The summed E-state index contributed by atoms with van der Waals surface area (Å²) in [5.74, 6) is 0.588. The van der Waals surface area contributed by atoms with E-state index < -0.39 is 0 Å². The Kier molecular flexibility index (Phi) is 5.02. The van der Waals surface area contributed by atoms with Crippen LogP contribution in [-0.4, -0.2) is 18.3 Å². The summed E-state index contributed by atoms with van der Waals surface area (Å²) in [7, 11) is 0. The van der Waals surface area contributed by atoms with Gasteiger partial charge in [-0.25, -0.2) is 4.79 Å². The van der Waals surface area contributed by atoms with Crippen LogP contribution >= 0.6 is 11.8 Å². The third kappa shape index (κ3) is 3.22. The van der Waals surface area contributed by atoms with Gasteiger partial charge < -0.3 is 4.74 Å². The Morgan fingerprint density at radius 1 is 1.21 bits per heavy atom. The van der Waals surface area contributed by atoms with Gasteiger partial charge in [-0.15, -0.1) is 11.8 Å². The van der Waals surface area contributed by atoms with Crippen molar-refractivity contribution in [3.05, 3.63) is 76.9 Å². The molecule has 1 atom stereocenters. The van der Waals surface area contributed by atoms with Crippen LogP contribution < -0.4 is 0 Å². The molecular formula is C20H17NO2S. The Balaban J connectivity index is 2.06. The standard InChI is InChI=1S/C20H17NO2S/c1-2-23-20(22)18-17(15-6-4-3-5-7-15)13-24-19(18)16-10-8-14(12-21)9-11-16/h3-11,17H,2,13H2,1H3. The molecule has 120 valence electrons. The molecule has 0 spiro atoms. The van der Waals surface area contributed by atoms with E-state index in [-0.39, 0.29) is 11.9 Å². The first-order valence-electron chi connectivity index (χ1n) is 7.84. The molecule has 0 N–H and O–H groups in total. The van der Waals surface area contributed by atoms with Crippen LogP contribution in [0.3, 0.4) is 0 Å². The molecule has 0 radical (unpaired) electrons. The van der Waals surface area contributed by atoms with Crippen molar-refractivity contribution >= 4 is 22.6 Å². The van der Waals surface area contributed by atoms with Crippen molar-refractivity contribution in [3.63, 3.8) is 0 Å². The molecule has 0 amide bonds. The number of nitrogens with zero attached hydrogens (tertiary/aromatic N) is 1. The topological polar surface area (TPSA) is 50.1 Å². The Morgan fingerprint density at radius 2 is 1.92 bits per heavy atom. The summed E-state index contributed by atoms with van der Waals surface area (Å²) < 4.78 is 5.31. The molecule has 3 rings (SSSR count). The van der Waals surface area contributed by atoms with Crippen molar-refractivity contribution < 1.29 is 9.53 Å². The molecule has 1 aliphatic rings. The molecule has 0 bridgehead atoms. The summed E-state index contributed by atoms with van der Waals surface area (Å²) in [6.45, 7) is 2.18. The van der Waals surface area contributed by atoms with Crippen molar-refractivity contribution in [2.75, 3.05) is 12.4 Å². The minimum Gasteiger partial charge on any atom is -0.463 e. The van der Waals surface area contributed by atoms with E-state index in [4.69, 9.17) is 10.00 Å². The molecule has 24 heavy (non-hydrogen) atoms. The zero-order chi connectivity index (χ0) is 16.9. The normalized spacial score (nSPS) is 16.8. The van der Waals surface area contributed by atoms with Gasteiger partial charge in [0, 0.05) is 16.6 Å². The Bertz CT molecular complexity index is 804. The number of hydrogen-bond donors (Lipinski definition) is 0. The Labute approximate surface area is 146 Å². The van der Waals surface area contributed by atoms with Crippen molar-refractivity contribution in [2.45, 2.75) is 12.8 Å². The third-order valence-corrected chi connectivity index (χ3v) is 5.21. The highest BCUT2D eigenvalue weighted by atomic mass is 32.2. The van der Waals surface area contributed by atoms with Crippen molar-refractivity contribution in [2.24, 2.45) is 0 Å². The maximum atomic E-state index is 12.6. The molecule has 0 aromatic heterocycles. The summed E-state index contributed by atoms with van der Waals surface area (Å²) in [5, 5.41) is 8.95. The van der Waals surface area contributed by atoms with Gasteiger partial charge >= 0.3 is 5.97 Å². The number of thioether (sulfide) groups is 1. The van der Waals surface area contributed by atoms with Crippen molar-refractivity contribution in [3.8, 4) is 6.07 Å². The van der Waals surface area contributed by atoms with Crippen LogP contribution in [0.2, 0.25) is 0 Å². The molecule has 0 fully saturated rings. The van der Waals surface area contributed by atoms with Gasteiger partial charge in [0.15, 0.2) is 0 Å². The van der Waals surface area contributed by atoms with Crippen LogP contribution in [0.4, 0.5) is 0 Å². The molecule has 1 heterocycles. The SMILES string of the molecule is CCOC(=O)C1=C(c2ccc(C#N)cc2)SCC1c1ccccc1. The average molecular weight is 335 g/mol. The van der Waals surface area contributed by atoms with Gasteiger partial charge in [0.05, 0.1) is 23.8 Å². The summed E-state index contributed by atoms with van der Waals surface area (Å²) >= 11 is 1.67. The van der Waals surface area contributed by atoms with Gasteiger partial charge in [-0.2, -0.15) is 5.26 Å². The first-order chi connectivity index (χ1) is 11.7. The third-order valence-electron chi connectivity index (χ3n) is 3.96. The second-order valence-electron chi connectivity index (χ2n) is 5.43. The molecule has 0 saturated carbocycles. The van der Waals surface area contributed by atoms with E-state index in [0.717, 1.165) is 27.4 Å². The summed E-state index contributed by atoms with van der Waals surface area (Å²) in [5.41, 5.74) is 3.41. The monoisotopic (exact) mass is 335 g/mol. The van der Waals surface area contributed by atoms with Crippen LogP contribution in [0.25, 0.3) is 4.91 Å². The molecule has 1 aliphatic heterocycles. The lowest BCUT2D eigenvalue weighted by atomic mass is 9.91. The highest BCUT2D eigenvalue weighted by molar-refractivity contribution is 8.08. The van der Waals surface area contributed by atoms with Gasteiger partial charge in [0.25, 0.3) is 0 Å². The number of carbonyl (C=O) groups is 1. The molecule has 4 heteroatoms. The van der Waals surface area contributed by atoms with Crippen LogP contribution in [0.5, 0.6) is 0 Å². The highest BCUT2D eigenvalue weighted by Gasteiger charge is 2.33. The highest BCUT2D eigenvalue weighted by Crippen LogP contribution is 2.47. The predicted molar refractivity (Wildman–Crippen MR) is 96.4 cm³/mol. The van der Waals surface area contributed by atoms with E-state index in [1.165, 1.54) is 0 Å². The summed E-state index contributed by atoms with van der Waals surface area (Å²) in [4.78, 5) is 13.5. The smallest absolute Gasteiger partial charge is 0.335 e. The van der Waals surface area contributed by atoms with Gasteiger partial charge in [-0.1, -0.05) is 42.5 Å². The maximum absolute atomic E-state index is 12.6. The molecule has 1 unspecified atom stereocenters. The fourth-order valence-corrected chi connectivity index (χ4v) is 4.19. The molecule has 0 saturated heterocycles. The first kappa shape index (κ1) is 16.4. The van der Waals surface area contributed by atoms with E-state index in [0.29, 0.717) is 12.2 Å². The number of rotatable bonds is 4. The molecule has 2 aromatic carbocycles. The predicted octanol–water partition coefficient (Wildman–Crippen LogP) is 4.36. The minimum atomic E-state index is -0.254. The zero-order valence-corrected chi connectivity index (χ0v) is 14.2. The van der Waals surface area contributed by atoms with E-state index in [9.17, 15) is 4.79 Å². The Hall–Kier alpha value is -2.51. The number of hydrogen-bond acceptors (Lipinski definition) is 4. The molecule has 2 aromatic rings. The van der Waals surface area contributed by atoms with E-state index >= 15 is 0 Å². The van der Waals surface area contributed by atoms with Gasteiger partial charge in [-0.3, -0.25) is 0 Å². The number of carbonyl (C=O) groups excluding carboxylic acids is 1. The van der Waals surface area contributed by atoms with Gasteiger partial charge in [-0.05, 0) is 30.2 Å². The van der Waals surface area contributed by atoms with Crippen molar-refractivity contribution in [1.29, 1.82) is 5.26 Å². The summed E-state index contributed by atoms with van der Waals surface area (Å²) in [6.07, 6.45) is 0. The number of ether oxygens (including phenoxy) is 1. The lowest BCUT2D eigenvalue weighted by Gasteiger charge is -2.14. The number of nitriles is 1. The number of esters is 1. The maximum Gasteiger partial charge on any atom is 0.335 e. The van der Waals surface area contributed by atoms with E-state index in [1.807, 2.05) is 49.4 Å². The van der Waals surface area contributed by atoms with Gasteiger partial charge in [0.2, 0.25) is 0 Å². The van der Waals surface area contributed by atoms with E-state index in [2.05, 4.69) is 6.07 Å². The van der Waals surface area contributed by atoms with Crippen molar-refractivity contribution in [1.82, 2.24) is 0 Å². The largest absolute Gasteiger partial charge is 0.463 e. The second-order valence-corrected chi connectivity index (χ2v) is 6.46. The quantitative estimate of drug-likeness (QED) is 0.779. The van der Waals surface area contributed by atoms with Crippen LogP contribution in [0.15, 0.2) is 60.2 Å². The fraction of sp³-hybridized carbons (Fsp3) is 0.200. The molecule has 3 nitrogen and oxygen atoms in total. The van der Waals surface area contributed by atoms with Crippen LogP contribution in [0, 0.1) is 11.3 Å². The lowest BCUT2D eigenvalue weighted by Crippen LogP contribution is -2.14. The second kappa shape index (κ2) is 7.37. The minimum absolute atomic E-state index is 0.0286. The fourth-order valence-electron chi connectivity index (χ4n) is 2.81. The van der Waals surface area contributed by atoms with E-state index in [1.54, 1.807) is 23.9 Å². The first-order valence-corrected chi connectivity index (χ1v) is 8.82. The van der Waals surface area contributed by atoms with Crippen LogP contribution in [0.1, 0.15) is 29.5 Å². The molecule has 0 aliphatic carbocycles.